The summed E-state index contributed by atoms with van der Waals surface area (Å²) in [5, 5.41) is 12.5. The fourth-order valence-electron chi connectivity index (χ4n) is 4.44. The summed E-state index contributed by atoms with van der Waals surface area (Å²) in [6.45, 7) is 8.69. The quantitative estimate of drug-likeness (QED) is 0.0614. The standard InChI is InChI=1S/C32H38N8O7/c1-17(2)37-29-31(43)40(25(14-36-29)22-10-23(12-24(33)11-22)30(42)38-18(3)4)15-27(41)35-13-20-6-8-21(9-7-20)28(34)39-45-16-26-19(5)46-32(44)47-26/h6-12,14,17-18H,13,15-16,33H2,1-5H3,(H2,34,39)(H,35,41)(H,36,37)(H,38,42). The predicted octanol–water partition coefficient (Wildman–Crippen LogP) is 2.46. The monoisotopic (exact) mass is 646 g/mol. The number of nitrogens with one attached hydrogen (secondary N) is 3. The third-order valence-electron chi connectivity index (χ3n) is 6.65. The van der Waals surface area contributed by atoms with Crippen LogP contribution in [0.3, 0.4) is 0 Å². The molecular weight excluding hydrogens is 608 g/mol. The minimum absolute atomic E-state index is 0.0844. The minimum atomic E-state index is -0.829. The van der Waals surface area contributed by atoms with Gasteiger partial charge in [-0.2, -0.15) is 0 Å². The van der Waals surface area contributed by atoms with E-state index >= 15 is 0 Å². The molecule has 4 aromatic rings. The van der Waals surface area contributed by atoms with E-state index in [4.69, 9.17) is 25.1 Å². The number of nitrogens with zero attached hydrogens (tertiary/aromatic N) is 3. The summed E-state index contributed by atoms with van der Waals surface area (Å²) >= 11 is 0. The molecule has 15 nitrogen and oxygen atoms in total. The number of amidine groups is 1. The number of aryl methyl sites for hydroxylation is 1. The fraction of sp³-hybridized carbons (Fsp3) is 0.312. The topological polar surface area (TPSA) is 222 Å². The third kappa shape index (κ3) is 9.09. The molecule has 0 bridgehead atoms. The molecule has 0 saturated heterocycles. The van der Waals surface area contributed by atoms with Crippen molar-refractivity contribution in [2.75, 3.05) is 11.1 Å². The van der Waals surface area contributed by atoms with E-state index in [2.05, 4.69) is 26.1 Å². The van der Waals surface area contributed by atoms with Crippen LogP contribution in [0.1, 0.15) is 60.7 Å². The van der Waals surface area contributed by atoms with Gasteiger partial charge in [0, 0.05) is 41.0 Å². The molecule has 2 aromatic heterocycles. The van der Waals surface area contributed by atoms with Crippen molar-refractivity contribution in [2.45, 2.75) is 66.4 Å². The van der Waals surface area contributed by atoms with Crippen molar-refractivity contribution in [1.29, 1.82) is 0 Å². The highest BCUT2D eigenvalue weighted by atomic mass is 16.6. The summed E-state index contributed by atoms with van der Waals surface area (Å²) < 4.78 is 10.9. The van der Waals surface area contributed by atoms with Crippen LogP contribution >= 0.6 is 0 Å². The van der Waals surface area contributed by atoms with E-state index in [0.717, 1.165) is 5.56 Å². The van der Waals surface area contributed by atoms with Crippen LogP contribution in [0, 0.1) is 6.92 Å². The number of nitrogen functional groups attached to an aromatic ring is 1. The lowest BCUT2D eigenvalue weighted by Gasteiger charge is -2.17. The Morgan fingerprint density at radius 1 is 1.02 bits per heavy atom. The maximum atomic E-state index is 13.5. The SMILES string of the molecule is Cc1oc(=O)oc1CO/N=C(\N)c1ccc(CNC(=O)Cn2c(-c3cc(N)cc(C(=O)NC(C)C)c3)cnc(NC(C)C)c2=O)cc1. The van der Waals surface area contributed by atoms with Crippen LogP contribution in [0.15, 0.2) is 72.2 Å². The van der Waals surface area contributed by atoms with E-state index in [-0.39, 0.29) is 60.9 Å². The number of benzene rings is 2. The highest BCUT2D eigenvalue weighted by Gasteiger charge is 2.18. The van der Waals surface area contributed by atoms with Gasteiger partial charge < -0.3 is 41.1 Å². The Morgan fingerprint density at radius 3 is 2.38 bits per heavy atom. The van der Waals surface area contributed by atoms with E-state index < -0.39 is 17.3 Å². The Labute approximate surface area is 270 Å². The van der Waals surface area contributed by atoms with Gasteiger partial charge in [-0.1, -0.05) is 29.4 Å². The minimum Gasteiger partial charge on any atom is -0.399 e. The fourth-order valence-corrected chi connectivity index (χ4v) is 4.44. The average Bonchev–Trinajstić information content (AvgIpc) is 3.33. The molecule has 0 fully saturated rings. The number of carbonyl (C=O) groups is 2. The number of anilines is 2. The zero-order valence-electron chi connectivity index (χ0n) is 26.7. The van der Waals surface area contributed by atoms with Crippen LogP contribution in [0.5, 0.6) is 0 Å². The smallest absolute Gasteiger partial charge is 0.399 e. The third-order valence-corrected chi connectivity index (χ3v) is 6.65. The largest absolute Gasteiger partial charge is 0.519 e. The van der Waals surface area contributed by atoms with Crippen LogP contribution in [0.4, 0.5) is 11.5 Å². The summed E-state index contributed by atoms with van der Waals surface area (Å²) in [6, 6.07) is 11.5. The molecule has 0 saturated carbocycles. The first-order valence-electron chi connectivity index (χ1n) is 14.8. The molecule has 2 amide bonds. The van der Waals surface area contributed by atoms with Crippen LogP contribution < -0.4 is 38.8 Å². The van der Waals surface area contributed by atoms with Gasteiger partial charge in [0.25, 0.3) is 11.5 Å². The van der Waals surface area contributed by atoms with Crippen molar-refractivity contribution in [3.8, 4) is 11.3 Å². The first-order chi connectivity index (χ1) is 22.3. The zero-order chi connectivity index (χ0) is 34.2. The Bertz CT molecular complexity index is 1890. The predicted molar refractivity (Wildman–Crippen MR) is 175 cm³/mol. The highest BCUT2D eigenvalue weighted by Crippen LogP contribution is 2.23. The normalized spacial score (nSPS) is 11.5. The highest BCUT2D eigenvalue weighted by molar-refractivity contribution is 5.97. The molecule has 7 N–H and O–H groups in total. The van der Waals surface area contributed by atoms with Crippen LogP contribution in [-0.2, 0) is 29.3 Å². The molecule has 0 radical (unpaired) electrons. The van der Waals surface area contributed by atoms with E-state index in [1.54, 1.807) is 49.4 Å². The number of hydrogen-bond donors (Lipinski definition) is 5. The number of hydrogen-bond acceptors (Lipinski definition) is 11. The van der Waals surface area contributed by atoms with E-state index in [1.807, 2.05) is 27.7 Å². The molecule has 0 spiro atoms. The van der Waals surface area contributed by atoms with Gasteiger partial charge in [0.2, 0.25) is 5.91 Å². The van der Waals surface area contributed by atoms with Gasteiger partial charge in [-0.15, -0.1) is 0 Å². The van der Waals surface area contributed by atoms with Gasteiger partial charge >= 0.3 is 5.82 Å². The molecule has 2 heterocycles. The molecule has 0 aliphatic rings. The van der Waals surface area contributed by atoms with Crippen molar-refractivity contribution in [3.05, 3.63) is 97.8 Å². The van der Waals surface area contributed by atoms with Gasteiger partial charge in [0.15, 0.2) is 29.8 Å². The Hall–Kier alpha value is -5.86. The van der Waals surface area contributed by atoms with Crippen LogP contribution in [0.2, 0.25) is 0 Å². The lowest BCUT2D eigenvalue weighted by molar-refractivity contribution is -0.121. The summed E-state index contributed by atoms with van der Waals surface area (Å²) in [5.41, 5.74) is 14.3. The molecule has 4 rings (SSSR count). The van der Waals surface area contributed by atoms with Crippen LogP contribution in [0.25, 0.3) is 11.3 Å². The molecular formula is C32H38N8O7. The van der Waals surface area contributed by atoms with Crippen molar-refractivity contribution in [2.24, 2.45) is 10.9 Å². The van der Waals surface area contributed by atoms with Gasteiger partial charge in [-0.05, 0) is 58.4 Å². The van der Waals surface area contributed by atoms with Crippen molar-refractivity contribution >= 4 is 29.2 Å². The number of rotatable bonds is 13. The summed E-state index contributed by atoms with van der Waals surface area (Å²) in [6.07, 6.45) is 1.47. The van der Waals surface area contributed by atoms with Crippen molar-refractivity contribution in [3.63, 3.8) is 0 Å². The zero-order valence-corrected chi connectivity index (χ0v) is 26.7. The van der Waals surface area contributed by atoms with Gasteiger partial charge in [-0.3, -0.25) is 19.0 Å². The lowest BCUT2D eigenvalue weighted by Crippen LogP contribution is -2.35. The van der Waals surface area contributed by atoms with Gasteiger partial charge in [-0.25, -0.2) is 9.78 Å². The molecule has 47 heavy (non-hydrogen) atoms. The maximum Gasteiger partial charge on any atom is 0.519 e. The van der Waals surface area contributed by atoms with Crippen molar-refractivity contribution < 1.29 is 23.3 Å². The second-order valence-corrected chi connectivity index (χ2v) is 11.3. The second kappa shape index (κ2) is 14.9. The first kappa shape index (κ1) is 34.0. The lowest BCUT2D eigenvalue weighted by atomic mass is 10.1. The van der Waals surface area contributed by atoms with E-state index in [0.29, 0.717) is 28.1 Å². The maximum absolute atomic E-state index is 13.5. The number of nitrogens with two attached hydrogens (primary N) is 2. The van der Waals surface area contributed by atoms with Crippen LogP contribution in [-0.4, -0.2) is 39.3 Å². The van der Waals surface area contributed by atoms with Gasteiger partial charge in [0.05, 0.1) is 11.9 Å². The number of amides is 2. The molecule has 0 aliphatic heterocycles. The molecule has 0 aliphatic carbocycles. The number of oxime groups is 1. The Kier molecular flexibility index (Phi) is 10.8. The Balaban J connectivity index is 1.48. The van der Waals surface area contributed by atoms with E-state index in [9.17, 15) is 19.2 Å². The van der Waals surface area contributed by atoms with E-state index in [1.165, 1.54) is 10.8 Å². The Morgan fingerprint density at radius 2 is 1.74 bits per heavy atom. The first-order valence-corrected chi connectivity index (χ1v) is 14.8. The number of carbonyl (C=O) groups excluding carboxylic acids is 2. The van der Waals surface area contributed by atoms with Crippen molar-refractivity contribution in [1.82, 2.24) is 20.2 Å². The molecule has 0 atom stereocenters. The second-order valence-electron chi connectivity index (χ2n) is 11.3. The number of aromatic nitrogens is 2. The molecule has 248 valence electrons. The molecule has 15 heteroatoms. The summed E-state index contributed by atoms with van der Waals surface area (Å²) in [5.74, 6) is -0.915. The summed E-state index contributed by atoms with van der Waals surface area (Å²) in [4.78, 5) is 60.0. The average molecular weight is 647 g/mol. The molecule has 2 aromatic carbocycles. The van der Waals surface area contributed by atoms with Gasteiger partial charge in [0.1, 0.15) is 6.54 Å². The molecule has 0 unspecified atom stereocenters. The summed E-state index contributed by atoms with van der Waals surface area (Å²) in [7, 11) is 0.